The molecule has 21 heavy (non-hydrogen) atoms. The van der Waals surface area contributed by atoms with Crippen molar-refractivity contribution in [3.63, 3.8) is 0 Å². The van der Waals surface area contributed by atoms with Crippen molar-refractivity contribution in [2.75, 3.05) is 10.5 Å². The number of aromatic amines is 1. The molecule has 0 saturated heterocycles. The third-order valence-electron chi connectivity index (χ3n) is 2.77. The van der Waals surface area contributed by atoms with Crippen molar-refractivity contribution < 1.29 is 17.2 Å². The normalized spacial score (nSPS) is 11.9. The van der Waals surface area contributed by atoms with E-state index >= 15 is 0 Å². The van der Waals surface area contributed by atoms with E-state index in [9.17, 15) is 17.2 Å². The van der Waals surface area contributed by atoms with Crippen LogP contribution in [0.2, 0.25) is 0 Å². The van der Waals surface area contributed by atoms with Gasteiger partial charge in [-0.2, -0.15) is 5.10 Å². The number of benzene rings is 1. The number of aromatic nitrogens is 2. The van der Waals surface area contributed by atoms with Crippen molar-refractivity contribution >= 4 is 21.5 Å². The first-order valence-corrected chi connectivity index (χ1v) is 7.51. The molecule has 9 heteroatoms. The zero-order valence-electron chi connectivity index (χ0n) is 11.3. The molecule has 0 bridgehead atoms. The molecule has 0 radical (unpaired) electrons. The second-order valence-electron chi connectivity index (χ2n) is 4.78. The molecule has 0 spiro atoms. The summed E-state index contributed by atoms with van der Waals surface area (Å²) < 4.78 is 53.1. The number of hydrogen-bond acceptors (Lipinski definition) is 4. The summed E-state index contributed by atoms with van der Waals surface area (Å²) in [6.45, 7) is 3.78. The van der Waals surface area contributed by atoms with Crippen LogP contribution in [-0.2, 0) is 10.0 Å². The minimum Gasteiger partial charge on any atom is -0.399 e. The van der Waals surface area contributed by atoms with Crippen molar-refractivity contribution in [2.45, 2.75) is 24.7 Å². The number of halogens is 2. The van der Waals surface area contributed by atoms with Crippen LogP contribution in [0.25, 0.3) is 0 Å². The van der Waals surface area contributed by atoms with Gasteiger partial charge in [0.05, 0.1) is 0 Å². The van der Waals surface area contributed by atoms with Gasteiger partial charge in [-0.3, -0.25) is 9.82 Å². The van der Waals surface area contributed by atoms with Gasteiger partial charge in [0.15, 0.2) is 17.5 Å². The van der Waals surface area contributed by atoms with Crippen LogP contribution < -0.4 is 10.5 Å². The van der Waals surface area contributed by atoms with E-state index in [1.54, 1.807) is 0 Å². The largest absolute Gasteiger partial charge is 0.399 e. The van der Waals surface area contributed by atoms with E-state index < -0.39 is 26.6 Å². The van der Waals surface area contributed by atoms with E-state index in [1.165, 1.54) is 6.07 Å². The number of nitrogens with zero attached hydrogens (tertiary/aromatic N) is 1. The predicted molar refractivity (Wildman–Crippen MR) is 74.3 cm³/mol. The Morgan fingerprint density at radius 3 is 2.52 bits per heavy atom. The number of anilines is 2. The Kier molecular flexibility index (Phi) is 3.86. The summed E-state index contributed by atoms with van der Waals surface area (Å²) in [5, 5.41) is 6.41. The van der Waals surface area contributed by atoms with E-state index in [2.05, 4.69) is 14.9 Å². The zero-order chi connectivity index (χ0) is 15.8. The first-order chi connectivity index (χ1) is 9.70. The van der Waals surface area contributed by atoms with Crippen LogP contribution in [0.1, 0.15) is 25.5 Å². The lowest BCUT2D eigenvalue weighted by Gasteiger charge is -2.08. The summed E-state index contributed by atoms with van der Waals surface area (Å²) in [4.78, 5) is -0.867. The standard InChI is InChI=1S/C12H14F2N4O2S/c1-6(2)9-5-11(17-16-9)18-21(19,20)10-4-7(15)3-8(13)12(10)14/h3-6H,15H2,1-2H3,(H2,16,17,18). The molecule has 6 nitrogen and oxygen atoms in total. The Bertz CT molecular complexity index is 772. The minimum absolute atomic E-state index is 0.0130. The third-order valence-corrected chi connectivity index (χ3v) is 4.12. The molecule has 114 valence electrons. The molecule has 0 aliphatic rings. The van der Waals surface area contributed by atoms with Gasteiger partial charge < -0.3 is 5.73 Å². The third kappa shape index (κ3) is 3.13. The van der Waals surface area contributed by atoms with Gasteiger partial charge in [0.2, 0.25) is 0 Å². The van der Waals surface area contributed by atoms with Gasteiger partial charge in [-0.05, 0) is 18.1 Å². The second kappa shape index (κ2) is 5.32. The molecule has 0 fully saturated rings. The average Bonchev–Trinajstić information content (AvgIpc) is 2.81. The van der Waals surface area contributed by atoms with Crippen molar-refractivity contribution in [3.05, 3.63) is 35.5 Å². The molecule has 1 heterocycles. The van der Waals surface area contributed by atoms with E-state index in [0.717, 1.165) is 6.07 Å². The molecule has 1 aromatic heterocycles. The minimum atomic E-state index is -4.33. The maximum Gasteiger partial charge on any atom is 0.266 e. The molecule has 4 N–H and O–H groups in total. The lowest BCUT2D eigenvalue weighted by atomic mass is 10.1. The Balaban J connectivity index is 2.38. The fraction of sp³-hybridized carbons (Fsp3) is 0.250. The number of nitrogen functional groups attached to an aromatic ring is 1. The summed E-state index contributed by atoms with van der Waals surface area (Å²) in [6, 6.07) is 3.03. The summed E-state index contributed by atoms with van der Waals surface area (Å²) >= 11 is 0. The van der Waals surface area contributed by atoms with Crippen LogP contribution in [0.5, 0.6) is 0 Å². The Morgan fingerprint density at radius 1 is 1.29 bits per heavy atom. The van der Waals surface area contributed by atoms with E-state index in [-0.39, 0.29) is 17.4 Å². The molecule has 0 aliphatic heterocycles. The van der Waals surface area contributed by atoms with Crippen molar-refractivity contribution in [3.8, 4) is 0 Å². The smallest absolute Gasteiger partial charge is 0.266 e. The Morgan fingerprint density at radius 2 is 1.95 bits per heavy atom. The van der Waals surface area contributed by atoms with Gasteiger partial charge >= 0.3 is 0 Å². The van der Waals surface area contributed by atoms with Gasteiger partial charge in [0, 0.05) is 17.4 Å². The fourth-order valence-electron chi connectivity index (χ4n) is 1.66. The topological polar surface area (TPSA) is 101 Å². The van der Waals surface area contributed by atoms with Crippen LogP contribution in [0.4, 0.5) is 20.3 Å². The molecule has 1 aromatic carbocycles. The predicted octanol–water partition coefficient (Wildman–Crippen LogP) is 2.19. The first kappa shape index (κ1) is 15.2. The van der Waals surface area contributed by atoms with Crippen LogP contribution in [0.3, 0.4) is 0 Å². The molecular formula is C12H14F2N4O2S. The second-order valence-corrected chi connectivity index (χ2v) is 6.43. The Labute approximate surface area is 120 Å². The summed E-state index contributed by atoms with van der Waals surface area (Å²) in [7, 11) is -4.33. The van der Waals surface area contributed by atoms with Crippen molar-refractivity contribution in [1.29, 1.82) is 0 Å². The summed E-state index contributed by atoms with van der Waals surface area (Å²) in [6.07, 6.45) is 0. The van der Waals surface area contributed by atoms with Gasteiger partial charge in [0.25, 0.3) is 10.0 Å². The molecule has 2 rings (SSSR count). The number of hydrogen-bond donors (Lipinski definition) is 3. The number of nitrogens with two attached hydrogens (primary N) is 1. The van der Waals surface area contributed by atoms with Gasteiger partial charge in [-0.1, -0.05) is 13.8 Å². The summed E-state index contributed by atoms with van der Waals surface area (Å²) in [5.74, 6) is -2.73. The number of sulfonamides is 1. The summed E-state index contributed by atoms with van der Waals surface area (Å²) in [5.41, 5.74) is 5.85. The van der Waals surface area contributed by atoms with E-state index in [1.807, 2.05) is 13.8 Å². The maximum atomic E-state index is 13.6. The highest BCUT2D eigenvalue weighted by molar-refractivity contribution is 7.92. The monoisotopic (exact) mass is 316 g/mol. The fourth-order valence-corrected chi connectivity index (χ4v) is 2.77. The lowest BCUT2D eigenvalue weighted by Crippen LogP contribution is -2.16. The molecular weight excluding hydrogens is 302 g/mol. The zero-order valence-corrected chi connectivity index (χ0v) is 12.1. The van der Waals surface area contributed by atoms with Crippen LogP contribution >= 0.6 is 0 Å². The molecule has 0 aliphatic carbocycles. The molecule has 0 unspecified atom stereocenters. The quantitative estimate of drug-likeness (QED) is 0.753. The SMILES string of the molecule is CC(C)c1cc(NS(=O)(=O)c2cc(N)cc(F)c2F)n[nH]1. The molecule has 0 saturated carbocycles. The number of H-pyrrole nitrogens is 1. The lowest BCUT2D eigenvalue weighted by molar-refractivity contribution is 0.486. The van der Waals surface area contributed by atoms with E-state index in [0.29, 0.717) is 11.8 Å². The highest BCUT2D eigenvalue weighted by Gasteiger charge is 2.23. The van der Waals surface area contributed by atoms with Crippen molar-refractivity contribution in [2.24, 2.45) is 0 Å². The maximum absolute atomic E-state index is 13.6. The molecule has 0 amide bonds. The van der Waals surface area contributed by atoms with Crippen LogP contribution in [-0.4, -0.2) is 18.6 Å². The number of rotatable bonds is 4. The average molecular weight is 316 g/mol. The first-order valence-electron chi connectivity index (χ1n) is 6.03. The van der Waals surface area contributed by atoms with Crippen LogP contribution in [0.15, 0.2) is 23.1 Å². The van der Waals surface area contributed by atoms with Gasteiger partial charge in [-0.15, -0.1) is 0 Å². The highest BCUT2D eigenvalue weighted by Crippen LogP contribution is 2.24. The highest BCUT2D eigenvalue weighted by atomic mass is 32.2. The van der Waals surface area contributed by atoms with Gasteiger partial charge in [0.1, 0.15) is 4.90 Å². The Hall–Kier alpha value is -2.16. The van der Waals surface area contributed by atoms with Crippen LogP contribution in [0, 0.1) is 11.6 Å². The number of nitrogens with one attached hydrogen (secondary N) is 2. The van der Waals surface area contributed by atoms with E-state index in [4.69, 9.17) is 5.73 Å². The van der Waals surface area contributed by atoms with Gasteiger partial charge in [-0.25, -0.2) is 17.2 Å². The van der Waals surface area contributed by atoms with Crippen molar-refractivity contribution in [1.82, 2.24) is 10.2 Å². The molecule has 0 atom stereocenters. The molecule has 2 aromatic rings.